The van der Waals surface area contributed by atoms with Crippen molar-refractivity contribution in [2.24, 2.45) is 0 Å². The van der Waals surface area contributed by atoms with Crippen LogP contribution in [0.4, 0.5) is 20.9 Å². The molecule has 35 heavy (non-hydrogen) atoms. The molecule has 1 aliphatic rings. The molecule has 4 heterocycles. The molecule has 1 fully saturated rings. The highest BCUT2D eigenvalue weighted by molar-refractivity contribution is 7.10. The normalized spacial score (nSPS) is 14.8. The van der Waals surface area contributed by atoms with Crippen LogP contribution in [0.2, 0.25) is 0 Å². The third kappa shape index (κ3) is 6.52. The van der Waals surface area contributed by atoms with Gasteiger partial charge in [-0.15, -0.1) is 0 Å². The van der Waals surface area contributed by atoms with E-state index in [9.17, 15) is 9.18 Å². The second-order valence-corrected chi connectivity index (χ2v) is 9.69. The molecule has 3 aromatic rings. The lowest BCUT2D eigenvalue weighted by atomic mass is 10.1. The van der Waals surface area contributed by atoms with E-state index >= 15 is 0 Å². The number of piperidine rings is 1. The minimum absolute atomic E-state index is 0.0650. The number of carbonyl (C=O) groups excluding carboxylic acids is 1. The lowest BCUT2D eigenvalue weighted by molar-refractivity contribution is 0.0933. The molecule has 2 N–H and O–H groups in total. The predicted octanol–water partition coefficient (Wildman–Crippen LogP) is 5.17. The van der Waals surface area contributed by atoms with Crippen LogP contribution in [0, 0.1) is 6.92 Å². The fourth-order valence-electron chi connectivity index (χ4n) is 3.92. The second-order valence-electron chi connectivity index (χ2n) is 8.92. The molecule has 0 radical (unpaired) electrons. The number of hydrogen-bond acceptors (Lipinski definition) is 8. The number of aromatic nitrogens is 3. The molecule has 0 aliphatic carbocycles. The first-order valence-electron chi connectivity index (χ1n) is 11.8. The fourth-order valence-corrected chi connectivity index (χ4v) is 4.72. The first kappa shape index (κ1) is 25.0. The molecule has 0 bridgehead atoms. The molecule has 3 aromatic heterocycles. The average Bonchev–Trinajstić information content (AvgIpc) is 3.22. The number of ether oxygens (including phenoxy) is 1. The molecule has 1 saturated heterocycles. The minimum Gasteiger partial charge on any atom is -0.474 e. The fraction of sp³-hybridized carbons (Fsp3) is 0.440. The maximum Gasteiger partial charge on any atom is 0.260 e. The summed E-state index contributed by atoms with van der Waals surface area (Å²) >= 11 is 1.22. The van der Waals surface area contributed by atoms with E-state index < -0.39 is 0 Å². The van der Waals surface area contributed by atoms with Gasteiger partial charge in [0.05, 0.1) is 23.1 Å². The summed E-state index contributed by atoms with van der Waals surface area (Å²) in [4.78, 5) is 23.9. The van der Waals surface area contributed by atoms with Gasteiger partial charge < -0.3 is 20.3 Å². The number of anilines is 3. The number of alkyl halides is 1. The van der Waals surface area contributed by atoms with Gasteiger partial charge in [-0.3, -0.25) is 4.79 Å². The Hall–Kier alpha value is -3.11. The summed E-state index contributed by atoms with van der Waals surface area (Å²) in [5.41, 5.74) is 2.83. The minimum atomic E-state index is -0.318. The van der Waals surface area contributed by atoms with Crippen molar-refractivity contribution in [3.63, 3.8) is 0 Å². The molecule has 8 nitrogen and oxygen atoms in total. The number of rotatable bonds is 9. The van der Waals surface area contributed by atoms with Gasteiger partial charge in [0.2, 0.25) is 5.88 Å². The van der Waals surface area contributed by atoms with Crippen LogP contribution in [0.1, 0.15) is 54.2 Å². The molecule has 1 aliphatic heterocycles. The van der Waals surface area contributed by atoms with E-state index in [0.717, 1.165) is 31.5 Å². The quantitative estimate of drug-likeness (QED) is 0.420. The topological polar surface area (TPSA) is 92.3 Å². The van der Waals surface area contributed by atoms with Crippen LogP contribution in [0.15, 0.2) is 36.7 Å². The Morgan fingerprint density at radius 1 is 1.20 bits per heavy atom. The highest BCUT2D eigenvalue weighted by atomic mass is 32.1. The highest BCUT2D eigenvalue weighted by Gasteiger charge is 2.22. The maximum absolute atomic E-state index is 13.0. The summed E-state index contributed by atoms with van der Waals surface area (Å²) < 4.78 is 22.8. The van der Waals surface area contributed by atoms with Crippen molar-refractivity contribution < 1.29 is 13.9 Å². The van der Waals surface area contributed by atoms with Gasteiger partial charge in [0, 0.05) is 31.9 Å². The van der Waals surface area contributed by atoms with E-state index in [4.69, 9.17) is 4.74 Å². The first-order chi connectivity index (χ1) is 16.9. The summed E-state index contributed by atoms with van der Waals surface area (Å²) in [5, 5.41) is 6.75. The van der Waals surface area contributed by atoms with E-state index in [1.807, 2.05) is 18.3 Å². The van der Waals surface area contributed by atoms with E-state index in [1.165, 1.54) is 11.5 Å². The smallest absolute Gasteiger partial charge is 0.260 e. The Labute approximate surface area is 209 Å². The van der Waals surface area contributed by atoms with Crippen LogP contribution in [0.5, 0.6) is 5.88 Å². The van der Waals surface area contributed by atoms with E-state index in [-0.39, 0.29) is 18.7 Å². The number of halogens is 1. The van der Waals surface area contributed by atoms with Crippen molar-refractivity contribution in [1.82, 2.24) is 19.2 Å². The predicted molar refractivity (Wildman–Crippen MR) is 137 cm³/mol. The zero-order valence-electron chi connectivity index (χ0n) is 20.3. The van der Waals surface area contributed by atoms with Crippen molar-refractivity contribution in [1.29, 1.82) is 0 Å². The van der Waals surface area contributed by atoms with Crippen LogP contribution in [-0.2, 0) is 0 Å². The third-order valence-electron chi connectivity index (χ3n) is 6.00. The molecule has 0 unspecified atom stereocenters. The van der Waals surface area contributed by atoms with Gasteiger partial charge in [0.1, 0.15) is 23.6 Å². The van der Waals surface area contributed by atoms with Crippen LogP contribution >= 0.6 is 11.5 Å². The van der Waals surface area contributed by atoms with Gasteiger partial charge in [-0.05, 0) is 54.9 Å². The van der Waals surface area contributed by atoms with Gasteiger partial charge >= 0.3 is 0 Å². The molecule has 0 saturated carbocycles. The number of hydrogen-bond donors (Lipinski definition) is 2. The number of likely N-dealkylation sites (tertiary alicyclic amines) is 1. The number of aryl methyl sites for hydroxylation is 1. The third-order valence-corrected chi connectivity index (χ3v) is 6.86. The summed E-state index contributed by atoms with van der Waals surface area (Å²) in [7, 11) is 0. The summed E-state index contributed by atoms with van der Waals surface area (Å²) in [5.74, 6) is 1.30. The Bertz CT molecular complexity index is 1110. The van der Waals surface area contributed by atoms with Gasteiger partial charge in [0.25, 0.3) is 5.91 Å². The lowest BCUT2D eigenvalue weighted by Crippen LogP contribution is -2.39. The molecule has 0 spiro atoms. The van der Waals surface area contributed by atoms with Crippen LogP contribution in [0.25, 0.3) is 0 Å². The Morgan fingerprint density at radius 3 is 2.63 bits per heavy atom. The SMILES string of the molecule is Cc1nsc(Nc2ccc(C(C)C)cn2)c1C(=O)Nc1ccc(OC2CCN(CCF)CC2)nc1. The summed E-state index contributed by atoms with van der Waals surface area (Å²) in [6, 6.07) is 7.45. The molecule has 0 aromatic carbocycles. The second kappa shape index (κ2) is 11.5. The molecule has 186 valence electrons. The maximum atomic E-state index is 13.0. The largest absolute Gasteiger partial charge is 0.474 e. The standard InChI is InChI=1S/C25H31FN6O2S/c1-16(2)18-4-6-21(27-14-18)30-25-23(17(3)31-35-25)24(33)29-19-5-7-22(28-15-19)34-20-8-11-32(12-9-20)13-10-26/h4-7,14-16,20H,8-13H2,1-3H3,(H,27,30)(H,29,33). The number of nitrogens with one attached hydrogen (secondary N) is 2. The molecular weight excluding hydrogens is 467 g/mol. The lowest BCUT2D eigenvalue weighted by Gasteiger charge is -2.31. The van der Waals surface area contributed by atoms with Gasteiger partial charge in [-0.25, -0.2) is 14.4 Å². The van der Waals surface area contributed by atoms with Gasteiger partial charge in [0.15, 0.2) is 0 Å². The van der Waals surface area contributed by atoms with Crippen molar-refractivity contribution in [2.45, 2.75) is 45.6 Å². The van der Waals surface area contributed by atoms with Crippen molar-refractivity contribution in [3.8, 4) is 5.88 Å². The number of nitrogens with zero attached hydrogens (tertiary/aromatic N) is 4. The summed E-state index contributed by atoms with van der Waals surface area (Å²) in [6.07, 6.45) is 5.17. The monoisotopic (exact) mass is 498 g/mol. The molecule has 1 amide bonds. The average molecular weight is 499 g/mol. The number of pyridine rings is 2. The number of amides is 1. The van der Waals surface area contributed by atoms with Gasteiger partial charge in [-0.2, -0.15) is 4.37 Å². The van der Waals surface area contributed by atoms with E-state index in [1.54, 1.807) is 25.3 Å². The van der Waals surface area contributed by atoms with Crippen LogP contribution in [0.3, 0.4) is 0 Å². The Kier molecular flexibility index (Phi) is 8.25. The Morgan fingerprint density at radius 2 is 2.00 bits per heavy atom. The van der Waals surface area contributed by atoms with Gasteiger partial charge in [-0.1, -0.05) is 19.9 Å². The number of carbonyl (C=O) groups is 1. The highest BCUT2D eigenvalue weighted by Crippen LogP contribution is 2.29. The molecular formula is C25H31FN6O2S. The van der Waals surface area contributed by atoms with Crippen molar-refractivity contribution in [3.05, 3.63) is 53.5 Å². The van der Waals surface area contributed by atoms with Crippen LogP contribution in [-0.4, -0.2) is 57.6 Å². The zero-order valence-corrected chi connectivity index (χ0v) is 21.1. The van der Waals surface area contributed by atoms with Crippen molar-refractivity contribution in [2.75, 3.05) is 36.9 Å². The summed E-state index contributed by atoms with van der Waals surface area (Å²) in [6.45, 7) is 7.85. The first-order valence-corrected chi connectivity index (χ1v) is 12.6. The zero-order chi connectivity index (χ0) is 24.8. The van der Waals surface area contributed by atoms with Crippen molar-refractivity contribution >= 4 is 33.9 Å². The van der Waals surface area contributed by atoms with E-state index in [2.05, 4.69) is 43.7 Å². The Balaban J connectivity index is 1.35. The molecule has 0 atom stereocenters. The van der Waals surface area contributed by atoms with E-state index in [0.29, 0.717) is 46.1 Å². The molecule has 10 heteroatoms. The molecule has 4 rings (SSSR count). The van der Waals surface area contributed by atoms with Crippen LogP contribution < -0.4 is 15.4 Å².